The average molecular weight is 212 g/mol. The maximum atomic E-state index is 11.4. The molecule has 1 saturated carbocycles. The maximum absolute atomic E-state index is 11.4. The maximum Gasteiger partial charge on any atom is 0.307 e. The van der Waals surface area contributed by atoms with Crippen molar-refractivity contribution in [2.24, 2.45) is 17.3 Å². The molecular formula is C13H24O2. The van der Waals surface area contributed by atoms with E-state index in [0.29, 0.717) is 5.92 Å². The van der Waals surface area contributed by atoms with E-state index in [9.17, 15) is 9.90 Å². The van der Waals surface area contributed by atoms with E-state index in [-0.39, 0.29) is 11.3 Å². The second-order valence-corrected chi connectivity index (χ2v) is 5.56. The number of hydrogen-bond donors (Lipinski definition) is 1. The van der Waals surface area contributed by atoms with Crippen LogP contribution in [0.2, 0.25) is 0 Å². The summed E-state index contributed by atoms with van der Waals surface area (Å²) >= 11 is 0. The van der Waals surface area contributed by atoms with E-state index in [1.54, 1.807) is 0 Å². The molecule has 15 heavy (non-hydrogen) atoms. The third-order valence-corrected chi connectivity index (χ3v) is 4.14. The van der Waals surface area contributed by atoms with Gasteiger partial charge in [-0.25, -0.2) is 0 Å². The highest BCUT2D eigenvalue weighted by Crippen LogP contribution is 2.41. The fourth-order valence-corrected chi connectivity index (χ4v) is 2.86. The van der Waals surface area contributed by atoms with Gasteiger partial charge in [0.1, 0.15) is 0 Å². The Labute approximate surface area is 93.1 Å². The van der Waals surface area contributed by atoms with E-state index in [1.807, 2.05) is 0 Å². The molecule has 1 N–H and O–H groups in total. The molecule has 0 heterocycles. The van der Waals surface area contributed by atoms with Gasteiger partial charge in [-0.2, -0.15) is 0 Å². The molecule has 0 aromatic heterocycles. The zero-order valence-corrected chi connectivity index (χ0v) is 10.3. The van der Waals surface area contributed by atoms with Gasteiger partial charge in [-0.3, -0.25) is 4.79 Å². The molecule has 1 atom stereocenters. The molecule has 0 radical (unpaired) electrons. The van der Waals surface area contributed by atoms with Crippen LogP contribution in [0.5, 0.6) is 0 Å². The first-order valence-electron chi connectivity index (χ1n) is 6.22. The monoisotopic (exact) mass is 212 g/mol. The van der Waals surface area contributed by atoms with E-state index < -0.39 is 5.97 Å². The van der Waals surface area contributed by atoms with Crippen LogP contribution in [-0.4, -0.2) is 11.1 Å². The average Bonchev–Trinajstić information content (AvgIpc) is 2.18. The number of carboxylic acids is 1. The predicted octanol–water partition coefficient (Wildman–Crippen LogP) is 3.70. The van der Waals surface area contributed by atoms with Crippen molar-refractivity contribution in [3.05, 3.63) is 0 Å². The lowest BCUT2D eigenvalue weighted by atomic mass is 9.66. The molecule has 0 aromatic carbocycles. The highest BCUT2D eigenvalue weighted by Gasteiger charge is 2.39. The molecule has 1 aliphatic carbocycles. The minimum atomic E-state index is -0.589. The molecule has 0 bridgehead atoms. The van der Waals surface area contributed by atoms with Crippen molar-refractivity contribution >= 4 is 5.97 Å². The lowest BCUT2D eigenvalue weighted by Crippen LogP contribution is -2.37. The highest BCUT2D eigenvalue weighted by atomic mass is 16.4. The topological polar surface area (TPSA) is 37.3 Å². The van der Waals surface area contributed by atoms with Crippen LogP contribution in [0.15, 0.2) is 0 Å². The van der Waals surface area contributed by atoms with Crippen molar-refractivity contribution in [2.75, 3.05) is 0 Å². The van der Waals surface area contributed by atoms with Crippen LogP contribution in [0.4, 0.5) is 0 Å². The van der Waals surface area contributed by atoms with Crippen LogP contribution in [0.1, 0.15) is 59.3 Å². The summed E-state index contributed by atoms with van der Waals surface area (Å²) in [4.78, 5) is 11.4. The summed E-state index contributed by atoms with van der Waals surface area (Å²) in [5.41, 5.74) is -0.0617. The molecule has 2 heteroatoms. The predicted molar refractivity (Wildman–Crippen MR) is 61.8 cm³/mol. The van der Waals surface area contributed by atoms with Gasteiger partial charge in [-0.15, -0.1) is 0 Å². The second kappa shape index (κ2) is 5.00. The summed E-state index contributed by atoms with van der Waals surface area (Å²) in [5, 5.41) is 9.39. The molecule has 0 amide bonds. The summed E-state index contributed by atoms with van der Waals surface area (Å²) in [6.45, 7) is 6.29. The van der Waals surface area contributed by atoms with Crippen LogP contribution < -0.4 is 0 Å². The first-order chi connectivity index (χ1) is 6.99. The van der Waals surface area contributed by atoms with Gasteiger partial charge >= 0.3 is 5.97 Å². The first-order valence-corrected chi connectivity index (χ1v) is 6.22. The minimum Gasteiger partial charge on any atom is -0.481 e. The molecule has 88 valence electrons. The Morgan fingerprint density at radius 1 is 1.33 bits per heavy atom. The van der Waals surface area contributed by atoms with E-state index in [0.717, 1.165) is 19.3 Å². The van der Waals surface area contributed by atoms with Gasteiger partial charge in [0.05, 0.1) is 5.92 Å². The molecule has 1 aliphatic rings. The Morgan fingerprint density at radius 3 is 2.27 bits per heavy atom. The van der Waals surface area contributed by atoms with Crippen LogP contribution in [0.25, 0.3) is 0 Å². The van der Waals surface area contributed by atoms with Crippen molar-refractivity contribution in [1.29, 1.82) is 0 Å². The fraction of sp³-hybridized carbons (Fsp3) is 0.923. The first kappa shape index (κ1) is 12.5. The van der Waals surface area contributed by atoms with E-state index in [2.05, 4.69) is 20.8 Å². The quantitative estimate of drug-likeness (QED) is 0.771. The van der Waals surface area contributed by atoms with Gasteiger partial charge < -0.3 is 5.11 Å². The molecule has 1 unspecified atom stereocenters. The molecule has 0 spiro atoms. The molecule has 2 nitrogen and oxygen atoms in total. The third-order valence-electron chi connectivity index (χ3n) is 4.14. The lowest BCUT2D eigenvalue weighted by Gasteiger charge is -2.38. The number of aliphatic carboxylic acids is 1. The Balaban J connectivity index is 2.76. The molecule has 0 aliphatic heterocycles. The minimum absolute atomic E-state index is 0.0617. The van der Waals surface area contributed by atoms with Crippen LogP contribution in [-0.2, 0) is 4.79 Å². The summed E-state index contributed by atoms with van der Waals surface area (Å²) in [6.07, 6.45) is 6.89. The zero-order chi connectivity index (χ0) is 11.5. The zero-order valence-electron chi connectivity index (χ0n) is 10.3. The highest BCUT2D eigenvalue weighted by molar-refractivity contribution is 5.71. The number of rotatable bonds is 4. The normalized spacial score (nSPS) is 21.3. The molecule has 0 aromatic rings. The smallest absolute Gasteiger partial charge is 0.307 e. The third kappa shape index (κ3) is 2.96. The standard InChI is InChI=1S/C13H24O2/c1-4-13(2,3)11(12(14)15)10-8-6-5-7-9-10/h10-11H,4-9H2,1-3H3,(H,14,15). The summed E-state index contributed by atoms with van der Waals surface area (Å²) in [7, 11) is 0. The summed E-state index contributed by atoms with van der Waals surface area (Å²) in [6, 6.07) is 0. The second-order valence-electron chi connectivity index (χ2n) is 5.56. The Bertz CT molecular complexity index is 215. The fourth-order valence-electron chi connectivity index (χ4n) is 2.86. The van der Waals surface area contributed by atoms with Gasteiger partial charge in [-0.1, -0.05) is 46.5 Å². The van der Waals surface area contributed by atoms with Gasteiger partial charge in [0.25, 0.3) is 0 Å². The van der Waals surface area contributed by atoms with Crippen molar-refractivity contribution < 1.29 is 9.90 Å². The van der Waals surface area contributed by atoms with E-state index in [1.165, 1.54) is 19.3 Å². The Kier molecular flexibility index (Phi) is 4.18. The molecule has 0 saturated heterocycles. The van der Waals surface area contributed by atoms with Crippen molar-refractivity contribution in [3.63, 3.8) is 0 Å². The van der Waals surface area contributed by atoms with Crippen molar-refractivity contribution in [2.45, 2.75) is 59.3 Å². The molecular weight excluding hydrogens is 188 g/mol. The number of hydrogen-bond acceptors (Lipinski definition) is 1. The van der Waals surface area contributed by atoms with E-state index >= 15 is 0 Å². The van der Waals surface area contributed by atoms with Gasteiger partial charge in [-0.05, 0) is 24.2 Å². The Hall–Kier alpha value is -0.530. The lowest BCUT2D eigenvalue weighted by molar-refractivity contribution is -0.149. The van der Waals surface area contributed by atoms with Gasteiger partial charge in [0, 0.05) is 0 Å². The molecule has 1 rings (SSSR count). The Morgan fingerprint density at radius 2 is 1.87 bits per heavy atom. The number of carbonyl (C=O) groups is 1. The summed E-state index contributed by atoms with van der Waals surface area (Å²) in [5.74, 6) is -0.331. The van der Waals surface area contributed by atoms with Crippen molar-refractivity contribution in [3.8, 4) is 0 Å². The summed E-state index contributed by atoms with van der Waals surface area (Å²) < 4.78 is 0. The SMILES string of the molecule is CCC(C)(C)C(C(=O)O)C1CCCCC1. The van der Waals surface area contributed by atoms with Crippen LogP contribution >= 0.6 is 0 Å². The van der Waals surface area contributed by atoms with Gasteiger partial charge in [0.2, 0.25) is 0 Å². The van der Waals surface area contributed by atoms with Crippen molar-refractivity contribution in [1.82, 2.24) is 0 Å². The largest absolute Gasteiger partial charge is 0.481 e. The van der Waals surface area contributed by atoms with Crippen LogP contribution in [0, 0.1) is 17.3 Å². The van der Waals surface area contributed by atoms with E-state index in [4.69, 9.17) is 0 Å². The number of carboxylic acid groups (broad SMARTS) is 1. The van der Waals surface area contributed by atoms with Gasteiger partial charge in [0.15, 0.2) is 0 Å². The molecule has 1 fully saturated rings. The van der Waals surface area contributed by atoms with Crippen LogP contribution in [0.3, 0.4) is 0 Å².